The van der Waals surface area contributed by atoms with E-state index < -0.39 is 18.9 Å². The second kappa shape index (κ2) is 7.65. The Kier molecular flexibility index (Phi) is 5.49. The average molecular weight is 439 g/mol. The number of methoxy groups -OCH3 is 1. The third-order valence-electron chi connectivity index (χ3n) is 6.10. The Bertz CT molecular complexity index is 982. The van der Waals surface area contributed by atoms with E-state index in [9.17, 15) is 14.4 Å². The van der Waals surface area contributed by atoms with Gasteiger partial charge in [-0.2, -0.15) is 0 Å². The first-order valence-corrected chi connectivity index (χ1v) is 11.4. The summed E-state index contributed by atoms with van der Waals surface area (Å²) in [6, 6.07) is 6.59. The molecule has 9 heteroatoms. The van der Waals surface area contributed by atoms with Gasteiger partial charge in [0.25, 0.3) is 0 Å². The number of phosphoric acid groups is 1. The van der Waals surface area contributed by atoms with Crippen LogP contribution < -0.4 is 4.74 Å². The summed E-state index contributed by atoms with van der Waals surface area (Å²) in [5.41, 5.74) is 1.11. The number of nitrogens with zero attached hydrogens (tertiary/aromatic N) is 2. The van der Waals surface area contributed by atoms with Gasteiger partial charge in [0.2, 0.25) is 0 Å². The molecule has 3 saturated heterocycles. The summed E-state index contributed by atoms with van der Waals surface area (Å²) in [5.74, 6) is 1.29. The van der Waals surface area contributed by atoms with E-state index in [2.05, 4.69) is 16.5 Å². The minimum Gasteiger partial charge on any atom is -0.497 e. The molecule has 156 valence electrons. The van der Waals surface area contributed by atoms with Gasteiger partial charge < -0.3 is 14.5 Å². The number of halogens is 1. The molecule has 3 aliphatic heterocycles. The first-order chi connectivity index (χ1) is 13.7. The lowest BCUT2D eigenvalue weighted by molar-refractivity contribution is -0.0626. The highest BCUT2D eigenvalue weighted by Crippen LogP contribution is 2.55. The zero-order valence-electron chi connectivity index (χ0n) is 16.1. The van der Waals surface area contributed by atoms with Gasteiger partial charge >= 0.3 is 7.82 Å². The number of hydrogen-bond donors (Lipinski definition) is 2. The Morgan fingerprint density at radius 1 is 1.41 bits per heavy atom. The summed E-state index contributed by atoms with van der Waals surface area (Å²) in [7, 11) is -3.34. The predicted octanol–water partition coefficient (Wildman–Crippen LogP) is 3.64. The van der Waals surface area contributed by atoms with Gasteiger partial charge in [-0.3, -0.25) is 14.4 Å². The number of rotatable bonds is 6. The number of pyridine rings is 1. The normalized spacial score (nSPS) is 28.8. The van der Waals surface area contributed by atoms with Crippen LogP contribution in [-0.4, -0.2) is 45.9 Å². The monoisotopic (exact) mass is 438 g/mol. The first kappa shape index (κ1) is 20.8. The largest absolute Gasteiger partial charge is 0.497 e. The van der Waals surface area contributed by atoms with Crippen LogP contribution in [0.25, 0.3) is 10.9 Å². The van der Waals surface area contributed by atoms with E-state index in [0.29, 0.717) is 40.5 Å². The van der Waals surface area contributed by atoms with E-state index in [0.717, 1.165) is 19.5 Å². The van der Waals surface area contributed by atoms with Gasteiger partial charge in [-0.25, -0.2) is 4.57 Å². The maximum Gasteiger partial charge on any atom is 0.471 e. The Hall–Kier alpha value is -1.47. The molecule has 0 radical (unpaired) electrons. The molecule has 3 aliphatic rings. The van der Waals surface area contributed by atoms with Gasteiger partial charge in [0.15, 0.2) is 5.06 Å². The van der Waals surface area contributed by atoms with Crippen molar-refractivity contribution in [2.24, 2.45) is 11.8 Å². The maximum atomic E-state index is 12.0. The number of alkyl halides is 1. The standard InChI is InChI=1S/C20H24ClN2O5P/c1-3-13-12-23-9-7-14(13)10-19(23)20(21,28-29(24,25)26)17-6-8-22-18-5-4-15(27-2)11-16(17)18/h3-6,8,11,13-14,19H,1,7,9-10,12H2,2H3,(H2,24,25,26)/t13-,14-,19-,20+/m0/s1. The highest BCUT2D eigenvalue weighted by Gasteiger charge is 2.53. The van der Waals surface area contributed by atoms with E-state index in [1.165, 1.54) is 0 Å². The number of aromatic nitrogens is 1. The molecule has 0 spiro atoms. The molecule has 2 bridgehead atoms. The van der Waals surface area contributed by atoms with Gasteiger partial charge in [0.05, 0.1) is 18.7 Å². The highest BCUT2D eigenvalue weighted by molar-refractivity contribution is 7.46. The number of fused-ring (bicyclic) bond motifs is 4. The molecule has 5 atom stereocenters. The SMILES string of the molecule is C=C[C@H]1CN2CC[C@H]1C[C@H]2[C@](Cl)(OP(=O)(O)O)c1ccnc2ccc(OC)cc12. The fourth-order valence-electron chi connectivity index (χ4n) is 4.73. The van der Waals surface area contributed by atoms with Crippen molar-refractivity contribution >= 4 is 30.3 Å². The van der Waals surface area contributed by atoms with Crippen molar-refractivity contribution in [2.45, 2.75) is 23.9 Å². The van der Waals surface area contributed by atoms with Crippen LogP contribution in [0.2, 0.25) is 0 Å². The number of benzene rings is 1. The molecule has 0 amide bonds. The quantitative estimate of drug-likeness (QED) is 0.404. The molecule has 29 heavy (non-hydrogen) atoms. The second-order valence-corrected chi connectivity index (χ2v) is 9.39. The Balaban J connectivity index is 1.86. The molecule has 2 aromatic rings. The molecule has 3 fully saturated rings. The predicted molar refractivity (Wildman–Crippen MR) is 111 cm³/mol. The van der Waals surface area contributed by atoms with E-state index in [1.54, 1.807) is 37.6 Å². The summed E-state index contributed by atoms with van der Waals surface area (Å²) >= 11 is 7.04. The van der Waals surface area contributed by atoms with Crippen molar-refractivity contribution in [1.29, 1.82) is 0 Å². The van der Waals surface area contributed by atoms with E-state index in [-0.39, 0.29) is 0 Å². The number of phosphoric ester groups is 1. The van der Waals surface area contributed by atoms with Crippen LogP contribution in [0.3, 0.4) is 0 Å². The molecule has 0 saturated carbocycles. The van der Waals surface area contributed by atoms with Crippen molar-refractivity contribution in [1.82, 2.24) is 9.88 Å². The zero-order valence-corrected chi connectivity index (χ0v) is 17.7. The lowest BCUT2D eigenvalue weighted by atomic mass is 9.73. The van der Waals surface area contributed by atoms with Gasteiger partial charge in [-0.1, -0.05) is 17.7 Å². The minimum absolute atomic E-state index is 0.338. The third kappa shape index (κ3) is 3.83. The lowest BCUT2D eigenvalue weighted by Crippen LogP contribution is -2.59. The van der Waals surface area contributed by atoms with Crippen LogP contribution in [0.4, 0.5) is 0 Å². The molecule has 5 rings (SSSR count). The summed E-state index contributed by atoms with van der Waals surface area (Å²) in [4.78, 5) is 25.9. The van der Waals surface area contributed by atoms with Gasteiger partial charge in [-0.05, 0) is 55.5 Å². The fourth-order valence-corrected chi connectivity index (χ4v) is 5.96. The maximum absolute atomic E-state index is 12.0. The van der Waals surface area contributed by atoms with Gasteiger partial charge in [-0.15, -0.1) is 6.58 Å². The van der Waals surface area contributed by atoms with Crippen LogP contribution >= 0.6 is 19.4 Å². The van der Waals surface area contributed by atoms with E-state index in [4.69, 9.17) is 20.9 Å². The molecule has 1 unspecified atom stereocenters. The first-order valence-electron chi connectivity index (χ1n) is 9.50. The summed E-state index contributed by atoms with van der Waals surface area (Å²) in [6.45, 7) is 5.47. The summed E-state index contributed by atoms with van der Waals surface area (Å²) in [6.07, 6.45) is 5.20. The number of hydrogen-bond acceptors (Lipinski definition) is 5. The van der Waals surface area contributed by atoms with E-state index in [1.807, 2.05) is 6.08 Å². The molecule has 1 aromatic carbocycles. The van der Waals surface area contributed by atoms with Crippen LogP contribution in [0, 0.1) is 11.8 Å². The number of ether oxygens (including phenoxy) is 1. The third-order valence-corrected chi connectivity index (χ3v) is 7.27. The molecule has 4 heterocycles. The van der Waals surface area contributed by atoms with E-state index >= 15 is 0 Å². The van der Waals surface area contributed by atoms with Crippen molar-refractivity contribution in [3.8, 4) is 5.75 Å². The van der Waals surface area contributed by atoms with Crippen molar-refractivity contribution in [2.75, 3.05) is 20.2 Å². The summed E-state index contributed by atoms with van der Waals surface area (Å²) < 4.78 is 22.6. The van der Waals surface area contributed by atoms with Crippen LogP contribution in [0.5, 0.6) is 5.75 Å². The van der Waals surface area contributed by atoms with Crippen LogP contribution in [0.15, 0.2) is 43.1 Å². The number of piperidine rings is 3. The van der Waals surface area contributed by atoms with Crippen molar-refractivity contribution in [3.63, 3.8) is 0 Å². The molecule has 0 aliphatic carbocycles. The Morgan fingerprint density at radius 3 is 2.83 bits per heavy atom. The molecule has 2 N–H and O–H groups in total. The molecule has 1 aromatic heterocycles. The fraction of sp³-hybridized carbons (Fsp3) is 0.450. The Morgan fingerprint density at radius 2 is 2.21 bits per heavy atom. The van der Waals surface area contributed by atoms with Crippen LogP contribution in [0.1, 0.15) is 18.4 Å². The highest BCUT2D eigenvalue weighted by atomic mass is 35.5. The minimum atomic E-state index is -4.89. The summed E-state index contributed by atoms with van der Waals surface area (Å²) in [5, 5.41) is -1.10. The Labute approximate surface area is 174 Å². The van der Waals surface area contributed by atoms with Crippen molar-refractivity contribution < 1.29 is 23.6 Å². The lowest BCUT2D eigenvalue weighted by Gasteiger charge is -2.53. The van der Waals surface area contributed by atoms with Gasteiger partial charge in [0, 0.05) is 23.7 Å². The zero-order chi connectivity index (χ0) is 20.8. The van der Waals surface area contributed by atoms with Crippen molar-refractivity contribution in [3.05, 3.63) is 48.7 Å². The molecular weight excluding hydrogens is 415 g/mol. The van der Waals surface area contributed by atoms with Crippen LogP contribution in [-0.2, 0) is 14.1 Å². The van der Waals surface area contributed by atoms with Gasteiger partial charge in [0.1, 0.15) is 5.75 Å². The molecular formula is C20H24ClN2O5P. The second-order valence-electron chi connectivity index (χ2n) is 7.66. The molecule has 7 nitrogen and oxygen atoms in total. The average Bonchev–Trinajstić information content (AvgIpc) is 2.71. The topological polar surface area (TPSA) is 92.1 Å². The smallest absolute Gasteiger partial charge is 0.471 e.